The van der Waals surface area contributed by atoms with E-state index >= 15 is 0 Å². The van der Waals surface area contributed by atoms with Crippen LogP contribution in [0.15, 0.2) is 72.8 Å². The van der Waals surface area contributed by atoms with Gasteiger partial charge in [0.1, 0.15) is 17.5 Å². The Hall–Kier alpha value is -4.61. The molecule has 0 bridgehead atoms. The molecule has 12 heteroatoms. The molecular formula is C33H27Cl2N3O7. The van der Waals surface area contributed by atoms with Crippen LogP contribution in [0.1, 0.15) is 0 Å². The number of carbonyl (C=O) groups is 3. The summed E-state index contributed by atoms with van der Waals surface area (Å²) in [6, 6.07) is 21.1. The van der Waals surface area contributed by atoms with Crippen LogP contribution in [0.5, 0.6) is 11.5 Å². The molecule has 6 rings (SSSR count). The van der Waals surface area contributed by atoms with Gasteiger partial charge in [-0.05, 0) is 35.4 Å². The van der Waals surface area contributed by atoms with Crippen molar-refractivity contribution in [3.63, 3.8) is 0 Å². The fourth-order valence-electron chi connectivity index (χ4n) is 5.37. The van der Waals surface area contributed by atoms with Gasteiger partial charge in [0, 0.05) is 35.3 Å². The maximum Gasteiger partial charge on any atom is 0.323 e. The number of halogens is 2. The quantitative estimate of drug-likeness (QED) is 0.197. The third kappa shape index (κ3) is 6.05. The lowest BCUT2D eigenvalue weighted by molar-refractivity contribution is -0.140. The Morgan fingerprint density at radius 3 is 2.11 bits per heavy atom. The molecular weight excluding hydrogens is 621 g/mol. The molecule has 10 nitrogen and oxygen atoms in total. The first-order chi connectivity index (χ1) is 21.7. The van der Waals surface area contributed by atoms with E-state index in [0.717, 1.165) is 33.4 Å². The minimum atomic E-state index is -1.17. The van der Waals surface area contributed by atoms with Gasteiger partial charge in [-0.15, -0.1) is 0 Å². The summed E-state index contributed by atoms with van der Waals surface area (Å²) in [5.74, 6) is -0.598. The number of rotatable bonds is 9. The Morgan fingerprint density at radius 2 is 1.47 bits per heavy atom. The van der Waals surface area contributed by atoms with Crippen LogP contribution in [0.2, 0.25) is 10.0 Å². The van der Waals surface area contributed by atoms with Gasteiger partial charge in [-0.3, -0.25) is 14.4 Å². The molecule has 230 valence electrons. The van der Waals surface area contributed by atoms with Crippen LogP contribution in [0, 0.1) is 0 Å². The number of amides is 2. The van der Waals surface area contributed by atoms with Gasteiger partial charge in [-0.1, -0.05) is 71.7 Å². The lowest BCUT2D eigenvalue weighted by Crippen LogP contribution is -2.46. The first-order valence-electron chi connectivity index (χ1n) is 14.0. The summed E-state index contributed by atoms with van der Waals surface area (Å²) in [7, 11) is 0. The Kier molecular flexibility index (Phi) is 8.64. The first kappa shape index (κ1) is 30.4. The molecule has 1 atom stereocenters. The van der Waals surface area contributed by atoms with E-state index in [0.29, 0.717) is 32.9 Å². The van der Waals surface area contributed by atoms with Gasteiger partial charge < -0.3 is 35.2 Å². The number of aliphatic carboxylic acids is 1. The van der Waals surface area contributed by atoms with Crippen LogP contribution in [-0.4, -0.2) is 66.9 Å². The second kappa shape index (κ2) is 12.8. The van der Waals surface area contributed by atoms with Crippen molar-refractivity contribution in [1.82, 2.24) is 5.32 Å². The number of fused-ring (bicyclic) bond motifs is 2. The molecule has 4 N–H and O–H groups in total. The normalized spacial score (nSPS) is 14.5. The molecule has 0 aliphatic carbocycles. The predicted octanol–water partition coefficient (Wildman–Crippen LogP) is 5.09. The second-order valence-corrected chi connectivity index (χ2v) is 11.2. The summed E-state index contributed by atoms with van der Waals surface area (Å²) in [6.07, 6.45) is 0. The number of anilines is 2. The molecule has 0 aromatic heterocycles. The Morgan fingerprint density at radius 1 is 0.867 bits per heavy atom. The Balaban J connectivity index is 1.29. The fourth-order valence-corrected chi connectivity index (χ4v) is 6.04. The second-order valence-electron chi connectivity index (χ2n) is 10.4. The SMILES string of the molecule is O=C1COc2cc(-c3cccc(-c4cccc(-c5ccc6c(c5)OCC(=O)N6CCN[C@@H](CO)C(=O)O)c4Cl)c3Cl)ccc2N1. The summed E-state index contributed by atoms with van der Waals surface area (Å²) in [5.41, 5.74) is 5.69. The summed E-state index contributed by atoms with van der Waals surface area (Å²) < 4.78 is 11.3. The van der Waals surface area contributed by atoms with E-state index in [2.05, 4.69) is 10.6 Å². The van der Waals surface area contributed by atoms with Crippen molar-refractivity contribution in [2.45, 2.75) is 6.04 Å². The molecule has 4 aromatic carbocycles. The zero-order chi connectivity index (χ0) is 31.7. The van der Waals surface area contributed by atoms with Crippen molar-refractivity contribution in [2.24, 2.45) is 0 Å². The van der Waals surface area contributed by atoms with Crippen LogP contribution in [0.3, 0.4) is 0 Å². The minimum Gasteiger partial charge on any atom is -0.482 e. The number of carbonyl (C=O) groups excluding carboxylic acids is 2. The van der Waals surface area contributed by atoms with Crippen molar-refractivity contribution in [3.8, 4) is 44.9 Å². The molecule has 2 amide bonds. The van der Waals surface area contributed by atoms with Gasteiger partial charge in [0.05, 0.1) is 28.0 Å². The van der Waals surface area contributed by atoms with Crippen molar-refractivity contribution in [2.75, 3.05) is 43.1 Å². The van der Waals surface area contributed by atoms with E-state index in [1.807, 2.05) is 60.7 Å². The highest BCUT2D eigenvalue weighted by Crippen LogP contribution is 2.45. The maximum absolute atomic E-state index is 12.6. The highest BCUT2D eigenvalue weighted by Gasteiger charge is 2.27. The molecule has 0 unspecified atom stereocenters. The summed E-state index contributed by atoms with van der Waals surface area (Å²) in [6.45, 7) is -0.439. The average Bonchev–Trinajstić information content (AvgIpc) is 3.04. The summed E-state index contributed by atoms with van der Waals surface area (Å²) in [4.78, 5) is 37.0. The lowest BCUT2D eigenvalue weighted by atomic mass is 9.95. The van der Waals surface area contributed by atoms with Gasteiger partial charge in [-0.25, -0.2) is 0 Å². The number of carboxylic acid groups (broad SMARTS) is 1. The fraction of sp³-hybridized carbons (Fsp3) is 0.182. The zero-order valence-corrected chi connectivity index (χ0v) is 25.2. The topological polar surface area (TPSA) is 137 Å². The number of hydrogen-bond acceptors (Lipinski definition) is 7. The van der Waals surface area contributed by atoms with Crippen LogP contribution in [-0.2, 0) is 14.4 Å². The van der Waals surface area contributed by atoms with Gasteiger partial charge in [0.2, 0.25) is 0 Å². The highest BCUT2D eigenvalue weighted by molar-refractivity contribution is 6.39. The summed E-state index contributed by atoms with van der Waals surface area (Å²) in [5, 5.41) is 24.9. The molecule has 2 heterocycles. The Bertz CT molecular complexity index is 1830. The van der Waals surface area contributed by atoms with E-state index < -0.39 is 18.6 Å². The van der Waals surface area contributed by atoms with Gasteiger partial charge >= 0.3 is 5.97 Å². The van der Waals surface area contributed by atoms with E-state index in [-0.39, 0.29) is 38.1 Å². The number of nitrogens with one attached hydrogen (secondary N) is 2. The molecule has 4 aromatic rings. The van der Waals surface area contributed by atoms with E-state index in [1.165, 1.54) is 4.90 Å². The zero-order valence-electron chi connectivity index (χ0n) is 23.7. The number of nitrogens with zero attached hydrogens (tertiary/aromatic N) is 1. The van der Waals surface area contributed by atoms with Crippen LogP contribution in [0.4, 0.5) is 11.4 Å². The molecule has 0 saturated heterocycles. The minimum absolute atomic E-state index is 0.0518. The largest absolute Gasteiger partial charge is 0.482 e. The number of aliphatic hydroxyl groups excluding tert-OH is 1. The molecule has 0 saturated carbocycles. The smallest absolute Gasteiger partial charge is 0.323 e. The molecule has 45 heavy (non-hydrogen) atoms. The molecule has 2 aliphatic heterocycles. The molecule has 2 aliphatic rings. The third-order valence-corrected chi connectivity index (χ3v) is 8.45. The molecule has 0 radical (unpaired) electrons. The van der Waals surface area contributed by atoms with Crippen LogP contribution < -0.4 is 25.0 Å². The maximum atomic E-state index is 12.6. The van der Waals surface area contributed by atoms with E-state index in [9.17, 15) is 19.5 Å². The van der Waals surface area contributed by atoms with Crippen LogP contribution >= 0.6 is 23.2 Å². The van der Waals surface area contributed by atoms with Crippen molar-refractivity contribution in [3.05, 3.63) is 82.8 Å². The van der Waals surface area contributed by atoms with Crippen molar-refractivity contribution in [1.29, 1.82) is 0 Å². The van der Waals surface area contributed by atoms with Gasteiger partial charge in [0.25, 0.3) is 11.8 Å². The van der Waals surface area contributed by atoms with Crippen molar-refractivity contribution >= 4 is 52.4 Å². The monoisotopic (exact) mass is 647 g/mol. The summed E-state index contributed by atoms with van der Waals surface area (Å²) >= 11 is 14.0. The average molecular weight is 648 g/mol. The van der Waals surface area contributed by atoms with Crippen molar-refractivity contribution < 1.29 is 34.1 Å². The third-order valence-electron chi connectivity index (χ3n) is 7.63. The van der Waals surface area contributed by atoms with E-state index in [1.54, 1.807) is 12.1 Å². The first-order valence-corrected chi connectivity index (χ1v) is 14.8. The van der Waals surface area contributed by atoms with Crippen LogP contribution in [0.25, 0.3) is 33.4 Å². The number of carboxylic acids is 1. The number of hydrogen-bond donors (Lipinski definition) is 4. The number of aliphatic hydroxyl groups is 1. The van der Waals surface area contributed by atoms with Gasteiger partial charge in [0.15, 0.2) is 13.2 Å². The van der Waals surface area contributed by atoms with Gasteiger partial charge in [-0.2, -0.15) is 0 Å². The predicted molar refractivity (Wildman–Crippen MR) is 171 cm³/mol. The number of benzene rings is 4. The number of ether oxygens (including phenoxy) is 2. The molecule has 0 spiro atoms. The molecule has 0 fully saturated rings. The highest BCUT2D eigenvalue weighted by atomic mass is 35.5. The standard InChI is InChI=1S/C33H27Cl2N3O7/c34-31-20(18-7-9-24-27(13-18)44-16-29(40)37-24)3-1-5-22(31)23-6-2-4-21(32(23)35)19-8-10-26-28(14-19)45-17-30(41)38(26)12-11-36-25(15-39)33(42)43/h1-10,13-14,25,36,39H,11-12,15-17H2,(H,37,40)(H,42,43)/t25-/m0/s1. The Labute approximate surface area is 268 Å². The van der Waals surface area contributed by atoms with E-state index in [4.69, 9.17) is 37.8 Å². The lowest BCUT2D eigenvalue weighted by Gasteiger charge is -2.30.